The highest BCUT2D eigenvalue weighted by Crippen LogP contribution is 2.25. The van der Waals surface area contributed by atoms with Crippen LogP contribution in [0.1, 0.15) is 5.56 Å². The van der Waals surface area contributed by atoms with Gasteiger partial charge in [-0.25, -0.2) is 0 Å². The Bertz CT molecular complexity index is 378. The molecule has 4 nitrogen and oxygen atoms in total. The van der Waals surface area contributed by atoms with E-state index in [4.69, 9.17) is 5.11 Å². The van der Waals surface area contributed by atoms with Gasteiger partial charge in [0.15, 0.2) is 0 Å². The number of pyridine rings is 1. The second-order valence-electron chi connectivity index (χ2n) is 2.83. The zero-order valence-corrected chi connectivity index (χ0v) is 8.07. The lowest BCUT2D eigenvalue weighted by Gasteiger charge is -2.01. The maximum Gasteiger partial charge on any atom is 0.318 e. The molecule has 0 saturated heterocycles. The summed E-state index contributed by atoms with van der Waals surface area (Å²) >= 11 is 1.28. The molecular formula is C9H8N2O2S. The number of aliphatic carboxylic acids is 1. The van der Waals surface area contributed by atoms with Crippen LogP contribution in [0.15, 0.2) is 29.5 Å². The minimum absolute atomic E-state index is 0.351. The minimum atomic E-state index is -0.808. The average Bonchev–Trinajstić information content (AvgIpc) is 2.68. The molecule has 1 aliphatic rings. The Labute approximate surface area is 85.1 Å². The quantitative estimate of drug-likeness (QED) is 0.788. The summed E-state index contributed by atoms with van der Waals surface area (Å²) in [6.07, 6.45) is 3.37. The molecule has 0 radical (unpaired) electrons. The molecule has 1 aliphatic heterocycles. The Balaban J connectivity index is 2.13. The van der Waals surface area contributed by atoms with Crippen molar-refractivity contribution in [2.24, 2.45) is 4.99 Å². The fraction of sp³-hybridized carbons (Fsp3) is 0.222. The number of nitrogens with zero attached hydrogens (tertiary/aromatic N) is 2. The summed E-state index contributed by atoms with van der Waals surface area (Å²) in [6, 6.07) is 3.69. The van der Waals surface area contributed by atoms with Crippen molar-refractivity contribution in [1.29, 1.82) is 0 Å². The Kier molecular flexibility index (Phi) is 2.49. The van der Waals surface area contributed by atoms with Crippen LogP contribution in [0.3, 0.4) is 0 Å². The van der Waals surface area contributed by atoms with Gasteiger partial charge in [-0.2, -0.15) is 0 Å². The predicted octanol–water partition coefficient (Wildman–Crippen LogP) is 1.03. The summed E-state index contributed by atoms with van der Waals surface area (Å²) in [5.41, 5.74) is 0.890. The van der Waals surface area contributed by atoms with E-state index in [-0.39, 0.29) is 0 Å². The van der Waals surface area contributed by atoms with Gasteiger partial charge in [0.25, 0.3) is 0 Å². The molecule has 1 atom stereocenters. The lowest BCUT2D eigenvalue weighted by Crippen LogP contribution is -2.16. The second kappa shape index (κ2) is 3.79. The first kappa shape index (κ1) is 9.21. The number of hydrogen-bond donors (Lipinski definition) is 1. The van der Waals surface area contributed by atoms with E-state index in [9.17, 15) is 4.79 Å². The van der Waals surface area contributed by atoms with Crippen molar-refractivity contribution in [2.45, 2.75) is 5.25 Å². The van der Waals surface area contributed by atoms with Crippen LogP contribution in [-0.2, 0) is 4.79 Å². The third kappa shape index (κ3) is 1.77. The van der Waals surface area contributed by atoms with E-state index < -0.39 is 11.2 Å². The molecule has 2 rings (SSSR count). The molecule has 0 unspecified atom stereocenters. The topological polar surface area (TPSA) is 62.5 Å². The van der Waals surface area contributed by atoms with E-state index in [2.05, 4.69) is 9.98 Å². The molecule has 0 saturated carbocycles. The number of carboxylic acids is 1. The number of aromatic nitrogens is 1. The van der Waals surface area contributed by atoms with Crippen LogP contribution in [-0.4, -0.2) is 32.9 Å². The molecule has 0 fully saturated rings. The zero-order valence-electron chi connectivity index (χ0n) is 7.25. The number of rotatable bonds is 2. The SMILES string of the molecule is O=C(O)[C@@H]1CN=C(c2cccnc2)S1. The van der Waals surface area contributed by atoms with Crippen LogP contribution in [0.2, 0.25) is 0 Å². The third-order valence-electron chi connectivity index (χ3n) is 1.84. The number of aliphatic imine (C=N–C) groups is 1. The molecule has 2 heterocycles. The highest BCUT2D eigenvalue weighted by atomic mass is 32.2. The highest BCUT2D eigenvalue weighted by Gasteiger charge is 2.26. The van der Waals surface area contributed by atoms with Crippen molar-refractivity contribution in [3.05, 3.63) is 30.1 Å². The number of hydrogen-bond acceptors (Lipinski definition) is 4. The zero-order chi connectivity index (χ0) is 9.97. The van der Waals surface area contributed by atoms with Gasteiger partial charge in [0.1, 0.15) is 10.3 Å². The first-order chi connectivity index (χ1) is 6.77. The molecule has 72 valence electrons. The van der Waals surface area contributed by atoms with Gasteiger partial charge in [0, 0.05) is 18.0 Å². The summed E-state index contributed by atoms with van der Waals surface area (Å²) in [5, 5.41) is 9.10. The summed E-state index contributed by atoms with van der Waals surface area (Å²) in [7, 11) is 0. The van der Waals surface area contributed by atoms with E-state index >= 15 is 0 Å². The molecular weight excluding hydrogens is 200 g/mol. The van der Waals surface area contributed by atoms with E-state index in [1.165, 1.54) is 11.8 Å². The molecule has 0 amide bonds. The van der Waals surface area contributed by atoms with E-state index in [1.54, 1.807) is 12.4 Å². The normalized spacial score (nSPS) is 20.6. The summed E-state index contributed by atoms with van der Waals surface area (Å²) in [6.45, 7) is 0.351. The van der Waals surface area contributed by atoms with Gasteiger partial charge in [-0.3, -0.25) is 14.8 Å². The standard InChI is InChI=1S/C9H8N2O2S/c12-9(13)7-5-11-8(14-7)6-2-1-3-10-4-6/h1-4,7H,5H2,(H,12,13)/t7-/m0/s1. The van der Waals surface area contributed by atoms with Gasteiger partial charge in [-0.05, 0) is 12.1 Å². The molecule has 1 aromatic heterocycles. The van der Waals surface area contributed by atoms with Crippen molar-refractivity contribution in [1.82, 2.24) is 4.98 Å². The van der Waals surface area contributed by atoms with E-state index in [1.807, 2.05) is 12.1 Å². The number of thioether (sulfide) groups is 1. The van der Waals surface area contributed by atoms with Gasteiger partial charge in [-0.1, -0.05) is 11.8 Å². The fourth-order valence-corrected chi connectivity index (χ4v) is 2.08. The summed E-state index contributed by atoms with van der Waals surface area (Å²) in [4.78, 5) is 18.8. The maximum atomic E-state index is 10.7. The molecule has 0 aliphatic carbocycles. The fourth-order valence-electron chi connectivity index (χ4n) is 1.15. The second-order valence-corrected chi connectivity index (χ2v) is 4.02. The number of carboxylic acid groups (broad SMARTS) is 1. The maximum absolute atomic E-state index is 10.7. The van der Waals surface area contributed by atoms with Crippen LogP contribution in [0.4, 0.5) is 0 Å². The molecule has 0 bridgehead atoms. The first-order valence-corrected chi connectivity index (χ1v) is 4.99. The molecule has 1 N–H and O–H groups in total. The van der Waals surface area contributed by atoms with Crippen LogP contribution < -0.4 is 0 Å². The summed E-state index contributed by atoms with van der Waals surface area (Å²) < 4.78 is 0. The Morgan fingerprint density at radius 3 is 3.07 bits per heavy atom. The Morgan fingerprint density at radius 2 is 2.50 bits per heavy atom. The van der Waals surface area contributed by atoms with Gasteiger partial charge in [0.2, 0.25) is 0 Å². The molecule has 0 spiro atoms. The minimum Gasteiger partial charge on any atom is -0.480 e. The highest BCUT2D eigenvalue weighted by molar-refractivity contribution is 8.15. The van der Waals surface area contributed by atoms with Crippen LogP contribution in [0.5, 0.6) is 0 Å². The average molecular weight is 208 g/mol. The van der Waals surface area contributed by atoms with Crippen molar-refractivity contribution in [2.75, 3.05) is 6.54 Å². The van der Waals surface area contributed by atoms with Crippen LogP contribution in [0.25, 0.3) is 0 Å². The lowest BCUT2D eigenvalue weighted by molar-refractivity contribution is -0.136. The van der Waals surface area contributed by atoms with Crippen molar-refractivity contribution in [3.8, 4) is 0 Å². The summed E-state index contributed by atoms with van der Waals surface area (Å²) in [5.74, 6) is -0.808. The van der Waals surface area contributed by atoms with Gasteiger partial charge < -0.3 is 5.11 Å². The smallest absolute Gasteiger partial charge is 0.318 e. The molecule has 14 heavy (non-hydrogen) atoms. The third-order valence-corrected chi connectivity index (χ3v) is 3.06. The first-order valence-electron chi connectivity index (χ1n) is 4.11. The van der Waals surface area contributed by atoms with Gasteiger partial charge >= 0.3 is 5.97 Å². The van der Waals surface area contributed by atoms with Gasteiger partial charge in [0.05, 0.1) is 6.54 Å². The van der Waals surface area contributed by atoms with E-state index in [0.717, 1.165) is 10.6 Å². The van der Waals surface area contributed by atoms with Crippen LogP contribution in [0, 0.1) is 0 Å². The molecule has 0 aromatic carbocycles. The van der Waals surface area contributed by atoms with Gasteiger partial charge in [-0.15, -0.1) is 0 Å². The predicted molar refractivity (Wildman–Crippen MR) is 54.7 cm³/mol. The Morgan fingerprint density at radius 1 is 1.64 bits per heavy atom. The number of carbonyl (C=O) groups is 1. The lowest BCUT2D eigenvalue weighted by atomic mass is 10.3. The Hall–Kier alpha value is -1.36. The van der Waals surface area contributed by atoms with Crippen molar-refractivity contribution >= 4 is 22.8 Å². The van der Waals surface area contributed by atoms with Crippen molar-refractivity contribution < 1.29 is 9.90 Å². The van der Waals surface area contributed by atoms with E-state index in [0.29, 0.717) is 6.54 Å². The van der Waals surface area contributed by atoms with Crippen molar-refractivity contribution in [3.63, 3.8) is 0 Å². The molecule has 5 heteroatoms. The molecule has 1 aromatic rings. The van der Waals surface area contributed by atoms with Crippen LogP contribution >= 0.6 is 11.8 Å². The largest absolute Gasteiger partial charge is 0.480 e. The monoisotopic (exact) mass is 208 g/mol.